The highest BCUT2D eigenvalue weighted by molar-refractivity contribution is 5.75. The molecule has 4 atom stereocenters. The lowest BCUT2D eigenvalue weighted by atomic mass is 9.84. The summed E-state index contributed by atoms with van der Waals surface area (Å²) in [6.45, 7) is 5.70. The first-order chi connectivity index (χ1) is 12.1. The number of likely N-dealkylation sites (tertiary alicyclic amines) is 2. The summed E-state index contributed by atoms with van der Waals surface area (Å²) in [6, 6.07) is 8.97. The Balaban J connectivity index is 1.36. The summed E-state index contributed by atoms with van der Waals surface area (Å²) in [7, 11) is 2.23. The standard InChI is InChI=1S/C20H29N3O2/c1-14(17-13-25-19-8-4-3-7-16(17)19)21-20(24)23-11-9-18-15(12-23)6-5-10-22(18)2/h3-4,7-8,14-15,17-18H,5-6,9-13H2,1-2H3,(H,21,24)/t14-,15+,17-,18+/m0/s1. The van der Waals surface area contributed by atoms with Crippen molar-refractivity contribution in [2.45, 2.75) is 44.2 Å². The highest BCUT2D eigenvalue weighted by Crippen LogP contribution is 2.35. The molecule has 1 aromatic carbocycles. The van der Waals surface area contributed by atoms with Crippen LogP contribution in [0, 0.1) is 5.92 Å². The van der Waals surface area contributed by atoms with Crippen LogP contribution in [0.3, 0.4) is 0 Å². The van der Waals surface area contributed by atoms with Crippen molar-refractivity contribution in [3.05, 3.63) is 29.8 Å². The van der Waals surface area contributed by atoms with E-state index in [-0.39, 0.29) is 18.0 Å². The van der Waals surface area contributed by atoms with Gasteiger partial charge in [-0.25, -0.2) is 4.79 Å². The fourth-order valence-corrected chi connectivity index (χ4v) is 4.82. The lowest BCUT2D eigenvalue weighted by Gasteiger charge is -2.46. The minimum absolute atomic E-state index is 0.0721. The summed E-state index contributed by atoms with van der Waals surface area (Å²) in [5.74, 6) is 1.82. The van der Waals surface area contributed by atoms with Crippen LogP contribution in [-0.4, -0.2) is 61.2 Å². The number of piperidine rings is 2. The molecule has 1 aromatic rings. The van der Waals surface area contributed by atoms with Gasteiger partial charge in [-0.3, -0.25) is 0 Å². The predicted molar refractivity (Wildman–Crippen MR) is 98.0 cm³/mol. The highest BCUT2D eigenvalue weighted by Gasteiger charge is 2.37. The molecule has 0 unspecified atom stereocenters. The third-order valence-corrected chi connectivity index (χ3v) is 6.32. The molecule has 3 heterocycles. The second kappa shape index (κ2) is 6.87. The molecule has 2 saturated heterocycles. The van der Waals surface area contributed by atoms with Crippen LogP contribution in [0.2, 0.25) is 0 Å². The Kier molecular flexibility index (Phi) is 4.59. The average molecular weight is 343 g/mol. The van der Waals surface area contributed by atoms with E-state index in [1.165, 1.54) is 24.9 Å². The maximum Gasteiger partial charge on any atom is 0.317 e. The lowest BCUT2D eigenvalue weighted by molar-refractivity contribution is 0.0509. The summed E-state index contributed by atoms with van der Waals surface area (Å²) in [5.41, 5.74) is 1.21. The Labute approximate surface area is 150 Å². The molecule has 0 bridgehead atoms. The minimum atomic E-state index is 0.0721. The number of fused-ring (bicyclic) bond motifs is 2. The fourth-order valence-electron chi connectivity index (χ4n) is 4.82. The van der Waals surface area contributed by atoms with Gasteiger partial charge in [0.05, 0.1) is 6.61 Å². The highest BCUT2D eigenvalue weighted by atomic mass is 16.5. The maximum atomic E-state index is 12.8. The average Bonchev–Trinajstić information content (AvgIpc) is 3.06. The van der Waals surface area contributed by atoms with Crippen molar-refractivity contribution in [2.24, 2.45) is 5.92 Å². The minimum Gasteiger partial charge on any atom is -0.493 e. The number of carbonyl (C=O) groups excluding carboxylic acids is 1. The van der Waals surface area contributed by atoms with Crippen LogP contribution in [-0.2, 0) is 0 Å². The van der Waals surface area contributed by atoms with E-state index in [1.807, 2.05) is 23.1 Å². The number of nitrogens with one attached hydrogen (secondary N) is 1. The van der Waals surface area contributed by atoms with Crippen LogP contribution < -0.4 is 10.1 Å². The van der Waals surface area contributed by atoms with Crippen LogP contribution in [0.15, 0.2) is 24.3 Å². The van der Waals surface area contributed by atoms with Gasteiger partial charge >= 0.3 is 6.03 Å². The van der Waals surface area contributed by atoms with E-state index in [2.05, 4.69) is 30.3 Å². The molecule has 1 N–H and O–H groups in total. The normalized spacial score (nSPS) is 30.2. The third kappa shape index (κ3) is 3.22. The molecule has 4 rings (SSSR count). The van der Waals surface area contributed by atoms with Crippen LogP contribution in [0.25, 0.3) is 0 Å². The van der Waals surface area contributed by atoms with Crippen molar-refractivity contribution in [3.8, 4) is 5.75 Å². The first-order valence-electron chi connectivity index (χ1n) is 9.61. The summed E-state index contributed by atoms with van der Waals surface area (Å²) < 4.78 is 5.77. The van der Waals surface area contributed by atoms with Crippen molar-refractivity contribution in [1.82, 2.24) is 15.1 Å². The maximum absolute atomic E-state index is 12.8. The van der Waals surface area contributed by atoms with E-state index in [0.717, 1.165) is 25.3 Å². The SMILES string of the molecule is C[C@H](NC(=O)N1CC[C@@H]2[C@H](CCCN2C)C1)[C@@H]1COc2ccccc21. The molecule has 5 heteroatoms. The molecule has 0 aromatic heterocycles. The van der Waals surface area contributed by atoms with Gasteiger partial charge in [0, 0.05) is 36.7 Å². The van der Waals surface area contributed by atoms with Gasteiger partial charge in [-0.15, -0.1) is 0 Å². The smallest absolute Gasteiger partial charge is 0.317 e. The summed E-state index contributed by atoms with van der Waals surface area (Å²) in [6.07, 6.45) is 3.59. The number of benzene rings is 1. The fraction of sp³-hybridized carbons (Fsp3) is 0.650. The van der Waals surface area contributed by atoms with Crippen LogP contribution in [0.1, 0.15) is 37.7 Å². The molecule has 2 amide bonds. The van der Waals surface area contributed by atoms with E-state index >= 15 is 0 Å². The van der Waals surface area contributed by atoms with Crippen molar-refractivity contribution < 1.29 is 9.53 Å². The third-order valence-electron chi connectivity index (χ3n) is 6.32. The lowest BCUT2D eigenvalue weighted by Crippen LogP contribution is -2.56. The monoisotopic (exact) mass is 343 g/mol. The zero-order valence-electron chi connectivity index (χ0n) is 15.3. The van der Waals surface area contributed by atoms with Gasteiger partial charge in [0.15, 0.2) is 0 Å². The van der Waals surface area contributed by atoms with E-state index in [0.29, 0.717) is 18.6 Å². The molecule has 0 radical (unpaired) electrons. The molecule has 136 valence electrons. The second-order valence-corrected chi connectivity index (χ2v) is 7.88. The molecule has 5 nitrogen and oxygen atoms in total. The van der Waals surface area contributed by atoms with E-state index in [9.17, 15) is 4.79 Å². The molecule has 3 aliphatic rings. The Hall–Kier alpha value is -1.75. The number of rotatable bonds is 2. The zero-order valence-corrected chi connectivity index (χ0v) is 15.3. The number of amides is 2. The molecule has 0 spiro atoms. The molecule has 0 aliphatic carbocycles. The van der Waals surface area contributed by atoms with Gasteiger partial charge in [-0.2, -0.15) is 0 Å². The Morgan fingerprint density at radius 2 is 2.12 bits per heavy atom. The van der Waals surface area contributed by atoms with Crippen molar-refractivity contribution >= 4 is 6.03 Å². The van der Waals surface area contributed by atoms with Crippen molar-refractivity contribution in [1.29, 1.82) is 0 Å². The van der Waals surface area contributed by atoms with Gasteiger partial charge in [0.25, 0.3) is 0 Å². The number of urea groups is 1. The number of para-hydroxylation sites is 1. The molecule has 2 fully saturated rings. The van der Waals surface area contributed by atoms with Crippen LogP contribution in [0.4, 0.5) is 4.79 Å². The molecular formula is C20H29N3O2. The Morgan fingerprint density at radius 1 is 1.28 bits per heavy atom. The van der Waals surface area contributed by atoms with Gasteiger partial charge in [0.1, 0.15) is 5.75 Å². The summed E-state index contributed by atoms with van der Waals surface area (Å²) in [5, 5.41) is 3.23. The topological polar surface area (TPSA) is 44.8 Å². The number of nitrogens with zero attached hydrogens (tertiary/aromatic N) is 2. The zero-order chi connectivity index (χ0) is 17.4. The first-order valence-corrected chi connectivity index (χ1v) is 9.61. The van der Waals surface area contributed by atoms with E-state index in [4.69, 9.17) is 4.74 Å². The van der Waals surface area contributed by atoms with E-state index in [1.54, 1.807) is 0 Å². The summed E-state index contributed by atoms with van der Waals surface area (Å²) in [4.78, 5) is 17.3. The molecular weight excluding hydrogens is 314 g/mol. The second-order valence-electron chi connectivity index (χ2n) is 7.88. The van der Waals surface area contributed by atoms with E-state index < -0.39 is 0 Å². The summed E-state index contributed by atoms with van der Waals surface area (Å²) >= 11 is 0. The molecule has 0 saturated carbocycles. The largest absolute Gasteiger partial charge is 0.493 e. The predicted octanol–water partition coefficient (Wildman–Crippen LogP) is 2.68. The first kappa shape index (κ1) is 16.7. The van der Waals surface area contributed by atoms with Gasteiger partial charge in [0.2, 0.25) is 0 Å². The Bertz CT molecular complexity index is 635. The molecule has 3 aliphatic heterocycles. The number of carbonyl (C=O) groups is 1. The van der Waals surface area contributed by atoms with Gasteiger partial charge < -0.3 is 19.9 Å². The number of ether oxygens (including phenoxy) is 1. The molecule has 25 heavy (non-hydrogen) atoms. The Morgan fingerprint density at radius 3 is 3.00 bits per heavy atom. The number of hydrogen-bond donors (Lipinski definition) is 1. The van der Waals surface area contributed by atoms with Crippen LogP contribution >= 0.6 is 0 Å². The van der Waals surface area contributed by atoms with Gasteiger partial charge in [-0.05, 0) is 51.8 Å². The van der Waals surface area contributed by atoms with Crippen molar-refractivity contribution in [3.63, 3.8) is 0 Å². The quantitative estimate of drug-likeness (QED) is 0.898. The van der Waals surface area contributed by atoms with Crippen LogP contribution in [0.5, 0.6) is 5.75 Å². The van der Waals surface area contributed by atoms with Crippen molar-refractivity contribution in [2.75, 3.05) is 33.3 Å². The van der Waals surface area contributed by atoms with Gasteiger partial charge in [-0.1, -0.05) is 18.2 Å². The number of hydrogen-bond acceptors (Lipinski definition) is 3.